The zero-order valence-corrected chi connectivity index (χ0v) is 17.3. The molecule has 3 aliphatic rings. The number of benzene rings is 1. The highest BCUT2D eigenvalue weighted by atomic mass is 16.3. The van der Waals surface area contributed by atoms with Gasteiger partial charge >= 0.3 is 0 Å². The molecule has 7 heteroatoms. The highest BCUT2D eigenvalue weighted by molar-refractivity contribution is 6.60. The fourth-order valence-corrected chi connectivity index (χ4v) is 3.93. The Morgan fingerprint density at radius 2 is 1.87 bits per heavy atom. The Morgan fingerprint density at radius 3 is 2.60 bits per heavy atom. The van der Waals surface area contributed by atoms with E-state index in [9.17, 15) is 14.7 Å². The summed E-state index contributed by atoms with van der Waals surface area (Å²) in [5, 5.41) is 15.0. The number of ketones is 2. The van der Waals surface area contributed by atoms with Crippen LogP contribution in [0.3, 0.4) is 0 Å². The van der Waals surface area contributed by atoms with Crippen molar-refractivity contribution in [1.29, 1.82) is 0 Å². The van der Waals surface area contributed by atoms with Crippen LogP contribution in [0.1, 0.15) is 18.4 Å². The third-order valence-corrected chi connectivity index (χ3v) is 5.45. The van der Waals surface area contributed by atoms with Gasteiger partial charge in [0.05, 0.1) is 16.6 Å². The Labute approximate surface area is 174 Å². The normalized spacial score (nSPS) is 19.2. The number of rotatable bonds is 6. The van der Waals surface area contributed by atoms with Crippen molar-refractivity contribution in [2.24, 2.45) is 9.98 Å². The maximum absolute atomic E-state index is 12.6. The lowest BCUT2D eigenvalue weighted by Crippen LogP contribution is -2.29. The molecule has 154 valence electrons. The smallest absolute Gasteiger partial charge is 0.205 e. The number of phenolic OH excluding ortho intramolecular Hbond substituents is 1. The number of aromatic hydroxyl groups is 1. The fourth-order valence-electron chi connectivity index (χ4n) is 3.93. The lowest BCUT2D eigenvalue weighted by atomic mass is 9.91. The maximum Gasteiger partial charge on any atom is 0.205 e. The topological polar surface area (TPSA) is 94.4 Å². The van der Waals surface area contributed by atoms with Gasteiger partial charge < -0.3 is 15.3 Å². The second-order valence-corrected chi connectivity index (χ2v) is 7.77. The molecule has 0 radical (unpaired) electrons. The van der Waals surface area contributed by atoms with E-state index in [1.165, 1.54) is 12.2 Å². The van der Waals surface area contributed by atoms with E-state index in [0.29, 0.717) is 35.2 Å². The predicted molar refractivity (Wildman–Crippen MR) is 116 cm³/mol. The molecule has 0 saturated carbocycles. The van der Waals surface area contributed by atoms with Gasteiger partial charge in [0.1, 0.15) is 11.5 Å². The minimum absolute atomic E-state index is 0.164. The van der Waals surface area contributed by atoms with Crippen LogP contribution in [-0.2, 0) is 9.59 Å². The van der Waals surface area contributed by atoms with Crippen LogP contribution in [-0.4, -0.2) is 61.5 Å². The van der Waals surface area contributed by atoms with Crippen LogP contribution in [0, 0.1) is 0 Å². The van der Waals surface area contributed by atoms with Crippen molar-refractivity contribution in [2.45, 2.75) is 12.8 Å². The second kappa shape index (κ2) is 7.93. The standard InChI is InChI=1S/C23H24N4O3/c1-24-10-8-13-12-25-22-15(4-5-16(28)19(13)22)21-14(9-11-27(2)3)20-17(29)6-7-18(30)23(20)26-21/h4-7,12,24,28H,8-11H2,1-3H3. The van der Waals surface area contributed by atoms with E-state index >= 15 is 0 Å². The maximum atomic E-state index is 12.6. The molecule has 0 spiro atoms. The molecule has 0 saturated heterocycles. The lowest BCUT2D eigenvalue weighted by molar-refractivity contribution is -0.113. The minimum atomic E-state index is -0.262. The summed E-state index contributed by atoms with van der Waals surface area (Å²) in [6.07, 6.45) is 5.67. The Kier molecular flexibility index (Phi) is 5.32. The first kappa shape index (κ1) is 20.1. The second-order valence-electron chi connectivity index (χ2n) is 7.77. The molecular formula is C23H24N4O3. The summed E-state index contributed by atoms with van der Waals surface area (Å²) >= 11 is 0. The molecule has 2 aliphatic heterocycles. The molecular weight excluding hydrogens is 380 g/mol. The number of nitrogens with zero attached hydrogens (tertiary/aromatic N) is 3. The molecule has 2 N–H and O–H groups in total. The van der Waals surface area contributed by atoms with Crippen molar-refractivity contribution >= 4 is 28.5 Å². The minimum Gasteiger partial charge on any atom is -0.507 e. The summed E-state index contributed by atoms with van der Waals surface area (Å²) in [4.78, 5) is 36.3. The van der Waals surface area contributed by atoms with E-state index in [1.807, 2.05) is 26.0 Å². The monoisotopic (exact) mass is 404 g/mol. The van der Waals surface area contributed by atoms with Gasteiger partial charge in [-0.05, 0) is 76.0 Å². The van der Waals surface area contributed by atoms with E-state index < -0.39 is 0 Å². The van der Waals surface area contributed by atoms with Crippen LogP contribution in [0.4, 0.5) is 0 Å². The summed E-state index contributed by atoms with van der Waals surface area (Å²) in [5.74, 6) is -0.295. The van der Waals surface area contributed by atoms with Gasteiger partial charge in [0.15, 0.2) is 5.78 Å². The Morgan fingerprint density at radius 1 is 1.10 bits per heavy atom. The molecule has 0 aromatic heterocycles. The van der Waals surface area contributed by atoms with Crippen LogP contribution < -0.4 is 15.9 Å². The van der Waals surface area contributed by atoms with Crippen molar-refractivity contribution in [3.63, 3.8) is 0 Å². The number of carbonyl (C=O) groups excluding carboxylic acids is 2. The van der Waals surface area contributed by atoms with Crippen molar-refractivity contribution in [1.82, 2.24) is 10.2 Å². The molecule has 1 aromatic carbocycles. The van der Waals surface area contributed by atoms with Crippen molar-refractivity contribution in [3.05, 3.63) is 57.8 Å². The molecule has 0 unspecified atom stereocenters. The number of nitrogens with one attached hydrogen (secondary N) is 1. The number of carbonyl (C=O) groups is 2. The zero-order valence-electron chi connectivity index (χ0n) is 17.3. The fraction of sp³-hybridized carbons (Fsp3) is 0.304. The summed E-state index contributed by atoms with van der Waals surface area (Å²) in [6.45, 7) is 1.47. The van der Waals surface area contributed by atoms with Gasteiger partial charge in [-0.2, -0.15) is 0 Å². The number of fused-ring (bicyclic) bond motifs is 2. The summed E-state index contributed by atoms with van der Waals surface area (Å²) in [5.41, 5.74) is 3.58. The zero-order chi connectivity index (χ0) is 21.4. The van der Waals surface area contributed by atoms with Crippen molar-refractivity contribution in [2.75, 3.05) is 34.2 Å². The first-order valence-corrected chi connectivity index (χ1v) is 9.94. The molecule has 2 heterocycles. The van der Waals surface area contributed by atoms with Crippen molar-refractivity contribution in [3.8, 4) is 5.75 Å². The van der Waals surface area contributed by atoms with E-state index in [2.05, 4.69) is 15.3 Å². The summed E-state index contributed by atoms with van der Waals surface area (Å²) in [6, 6.07) is 3.40. The van der Waals surface area contributed by atoms with Crippen LogP contribution in [0.5, 0.6) is 5.75 Å². The van der Waals surface area contributed by atoms with Gasteiger partial charge in [-0.1, -0.05) is 0 Å². The molecule has 4 rings (SSSR count). The van der Waals surface area contributed by atoms with Gasteiger partial charge in [0.2, 0.25) is 5.78 Å². The first-order chi connectivity index (χ1) is 14.4. The third kappa shape index (κ3) is 3.36. The van der Waals surface area contributed by atoms with Crippen LogP contribution in [0.25, 0.3) is 11.3 Å². The lowest BCUT2D eigenvalue weighted by Gasteiger charge is -2.13. The van der Waals surface area contributed by atoms with E-state index in [1.54, 1.807) is 18.3 Å². The molecule has 0 atom stereocenters. The highest BCUT2D eigenvalue weighted by Crippen LogP contribution is 2.32. The van der Waals surface area contributed by atoms with Gasteiger partial charge in [-0.3, -0.25) is 14.6 Å². The molecule has 0 bridgehead atoms. The number of aliphatic imine (C=N–C) groups is 1. The van der Waals surface area contributed by atoms with E-state index in [-0.39, 0.29) is 23.0 Å². The number of phenols is 1. The van der Waals surface area contributed by atoms with Gasteiger partial charge in [-0.25, -0.2) is 4.99 Å². The number of hydrogen-bond acceptors (Lipinski definition) is 7. The molecule has 30 heavy (non-hydrogen) atoms. The molecule has 0 amide bonds. The Balaban J connectivity index is 1.95. The highest BCUT2D eigenvalue weighted by Gasteiger charge is 2.34. The SMILES string of the molecule is CNCCC1=CN=c2c1c(O)ccc2=C1N=C2C(=O)C=CC(=O)C2=C1CCN(C)C. The number of hydrogen-bond donors (Lipinski definition) is 2. The van der Waals surface area contributed by atoms with Gasteiger partial charge in [-0.15, -0.1) is 0 Å². The molecule has 1 aromatic rings. The van der Waals surface area contributed by atoms with Crippen molar-refractivity contribution < 1.29 is 14.7 Å². The Hall–Kier alpha value is -3.16. The predicted octanol–water partition coefficient (Wildman–Crippen LogP) is 0.495. The van der Waals surface area contributed by atoms with E-state index in [0.717, 1.165) is 29.3 Å². The van der Waals surface area contributed by atoms with E-state index in [4.69, 9.17) is 0 Å². The average molecular weight is 404 g/mol. The Bertz CT molecular complexity index is 1200. The number of allylic oxidation sites excluding steroid dienone is 3. The first-order valence-electron chi connectivity index (χ1n) is 9.94. The molecule has 1 aliphatic carbocycles. The van der Waals surface area contributed by atoms with Crippen LogP contribution in [0.15, 0.2) is 51.6 Å². The summed E-state index contributed by atoms with van der Waals surface area (Å²) < 4.78 is 0. The molecule has 7 nitrogen and oxygen atoms in total. The van der Waals surface area contributed by atoms with Gasteiger partial charge in [0.25, 0.3) is 0 Å². The van der Waals surface area contributed by atoms with Crippen LogP contribution in [0.2, 0.25) is 0 Å². The molecule has 0 fully saturated rings. The quantitative estimate of drug-likeness (QED) is 0.720. The average Bonchev–Trinajstić information content (AvgIpc) is 3.31. The summed E-state index contributed by atoms with van der Waals surface area (Å²) in [7, 11) is 5.79. The third-order valence-electron chi connectivity index (χ3n) is 5.45. The van der Waals surface area contributed by atoms with Gasteiger partial charge in [0, 0.05) is 23.5 Å². The van der Waals surface area contributed by atoms with Crippen LogP contribution >= 0.6 is 0 Å². The largest absolute Gasteiger partial charge is 0.507 e.